The molecule has 3 N–H and O–H groups in total. The lowest BCUT2D eigenvalue weighted by Gasteiger charge is -1.57. The summed E-state index contributed by atoms with van der Waals surface area (Å²) in [7, 11) is 0. The predicted molar refractivity (Wildman–Crippen MR) is 27.9 cm³/mol. The Bertz CT molecular complexity index is 62.0. The van der Waals surface area contributed by atoms with Gasteiger partial charge in [0.25, 0.3) is 0 Å². The van der Waals surface area contributed by atoms with E-state index in [-0.39, 0.29) is 6.15 Å². The third-order valence-electron chi connectivity index (χ3n) is 0.655. The van der Waals surface area contributed by atoms with Crippen molar-refractivity contribution in [1.29, 1.82) is 0 Å². The molecule has 0 aromatic rings. The maximum absolute atomic E-state index is 2.12. The van der Waals surface area contributed by atoms with Crippen molar-refractivity contribution in [1.82, 2.24) is 6.15 Å². The summed E-state index contributed by atoms with van der Waals surface area (Å²) in [5.74, 6) is 0. The number of hydrogen-bond acceptors (Lipinski definition) is 1. The highest BCUT2D eigenvalue weighted by Gasteiger charge is 1.72. The van der Waals surface area contributed by atoms with Gasteiger partial charge in [0.05, 0.1) is 0 Å². The van der Waals surface area contributed by atoms with Crippen molar-refractivity contribution in [3.05, 3.63) is 24.3 Å². The van der Waals surface area contributed by atoms with Gasteiger partial charge in [0, 0.05) is 0 Å². The van der Waals surface area contributed by atoms with Crippen molar-refractivity contribution >= 4 is 0 Å². The first-order valence-corrected chi connectivity index (χ1v) is 1.82. The predicted octanol–water partition coefficient (Wildman–Crippen LogP) is 1.66. The summed E-state index contributed by atoms with van der Waals surface area (Å²) in [6.45, 7) is 0. The van der Waals surface area contributed by atoms with Gasteiger partial charge in [-0.25, -0.2) is 0 Å². The van der Waals surface area contributed by atoms with Crippen molar-refractivity contribution in [2.24, 2.45) is 0 Å². The molecule has 0 saturated carbocycles. The number of rotatable bonds is 0. The van der Waals surface area contributed by atoms with Crippen LogP contribution in [0.25, 0.3) is 0 Å². The Morgan fingerprint density at radius 1 is 1.00 bits per heavy atom. The van der Waals surface area contributed by atoms with Gasteiger partial charge in [-0.1, -0.05) is 24.3 Å². The minimum Gasteiger partial charge on any atom is -0.344 e. The summed E-state index contributed by atoms with van der Waals surface area (Å²) in [4.78, 5) is 0. The van der Waals surface area contributed by atoms with Crippen molar-refractivity contribution in [2.75, 3.05) is 0 Å². The molecule has 0 bridgehead atoms. The van der Waals surface area contributed by atoms with Crippen LogP contribution in [0.4, 0.5) is 0 Å². The molecule has 0 amide bonds. The molecular weight excluding hydrogens is 74.1 g/mol. The van der Waals surface area contributed by atoms with E-state index >= 15 is 0 Å². The Labute approximate surface area is 37.9 Å². The van der Waals surface area contributed by atoms with Gasteiger partial charge < -0.3 is 6.15 Å². The van der Waals surface area contributed by atoms with Crippen LogP contribution in [0, 0.1) is 0 Å². The molecule has 0 radical (unpaired) electrons. The quantitative estimate of drug-likeness (QED) is 0.475. The minimum atomic E-state index is 0. The molecule has 0 heterocycles. The first-order chi connectivity index (χ1) is 2.50. The smallest absolute Gasteiger partial charge is 0.0163 e. The van der Waals surface area contributed by atoms with Crippen LogP contribution < -0.4 is 6.15 Å². The van der Waals surface area contributed by atoms with Crippen molar-refractivity contribution in [2.45, 2.75) is 6.42 Å². The summed E-state index contributed by atoms with van der Waals surface area (Å²) >= 11 is 0. The van der Waals surface area contributed by atoms with E-state index in [0.29, 0.717) is 0 Å². The van der Waals surface area contributed by atoms with Gasteiger partial charge in [0.2, 0.25) is 0 Å². The summed E-state index contributed by atoms with van der Waals surface area (Å²) in [6, 6.07) is 0. The zero-order valence-corrected chi connectivity index (χ0v) is 3.72. The largest absolute Gasteiger partial charge is 0.344 e. The third-order valence-corrected chi connectivity index (χ3v) is 0.655. The van der Waals surface area contributed by atoms with Crippen LogP contribution in [-0.4, -0.2) is 0 Å². The first-order valence-electron chi connectivity index (χ1n) is 1.82. The highest BCUT2D eigenvalue weighted by atomic mass is 14.0. The Morgan fingerprint density at radius 3 is 1.67 bits per heavy atom. The lowest BCUT2D eigenvalue weighted by molar-refractivity contribution is 1.45. The van der Waals surface area contributed by atoms with E-state index in [2.05, 4.69) is 24.3 Å². The summed E-state index contributed by atoms with van der Waals surface area (Å²) < 4.78 is 0. The summed E-state index contributed by atoms with van der Waals surface area (Å²) in [5, 5.41) is 0. The maximum Gasteiger partial charge on any atom is -0.0163 e. The zero-order chi connectivity index (χ0) is 3.54. The molecule has 0 aromatic heterocycles. The van der Waals surface area contributed by atoms with Gasteiger partial charge in [-0.2, -0.15) is 0 Å². The maximum atomic E-state index is 2.12. The number of allylic oxidation sites excluding steroid dienone is 4. The average Bonchev–Trinajstić information content (AvgIpc) is 1.76. The topological polar surface area (TPSA) is 35.0 Å². The fourth-order valence-electron chi connectivity index (χ4n) is 0.393. The molecule has 0 unspecified atom stereocenters. The molecule has 0 aliphatic heterocycles. The van der Waals surface area contributed by atoms with Crippen LogP contribution in [0.5, 0.6) is 0 Å². The molecule has 1 nitrogen and oxygen atoms in total. The Hall–Kier alpha value is -0.560. The molecule has 1 aliphatic rings. The van der Waals surface area contributed by atoms with Crippen LogP contribution in [0.3, 0.4) is 0 Å². The van der Waals surface area contributed by atoms with Gasteiger partial charge in [-0.3, -0.25) is 0 Å². The summed E-state index contributed by atoms with van der Waals surface area (Å²) in [6.07, 6.45) is 9.50. The van der Waals surface area contributed by atoms with Gasteiger partial charge in [-0.15, -0.1) is 0 Å². The molecule has 1 aliphatic carbocycles. The molecular formula is C5H9N. The van der Waals surface area contributed by atoms with E-state index in [1.54, 1.807) is 0 Å². The standard InChI is InChI=1S/C5H6.H3N/c1-2-4-5-3-1;/h1-4H,5H2;1H3. The van der Waals surface area contributed by atoms with Gasteiger partial charge in [-0.05, 0) is 6.42 Å². The van der Waals surface area contributed by atoms with E-state index in [0.717, 1.165) is 6.42 Å². The molecule has 0 saturated heterocycles. The molecule has 0 spiro atoms. The molecule has 0 aromatic carbocycles. The van der Waals surface area contributed by atoms with Gasteiger partial charge >= 0.3 is 0 Å². The second-order valence-corrected chi connectivity index (χ2v) is 1.09. The molecule has 0 atom stereocenters. The van der Waals surface area contributed by atoms with Crippen molar-refractivity contribution in [3.8, 4) is 0 Å². The van der Waals surface area contributed by atoms with E-state index < -0.39 is 0 Å². The molecule has 1 heteroatoms. The van der Waals surface area contributed by atoms with E-state index in [9.17, 15) is 0 Å². The lowest BCUT2D eigenvalue weighted by Crippen LogP contribution is -1.37. The second kappa shape index (κ2) is 2.67. The normalized spacial score (nSPS) is 14.7. The fourth-order valence-corrected chi connectivity index (χ4v) is 0.393. The SMILES string of the molecule is C1=CCC=C1.N. The molecule has 34 valence electrons. The van der Waals surface area contributed by atoms with Crippen LogP contribution in [-0.2, 0) is 0 Å². The first kappa shape index (κ1) is 5.44. The van der Waals surface area contributed by atoms with Crippen molar-refractivity contribution < 1.29 is 0 Å². The van der Waals surface area contributed by atoms with Gasteiger partial charge in [0.1, 0.15) is 0 Å². The molecule has 6 heavy (non-hydrogen) atoms. The summed E-state index contributed by atoms with van der Waals surface area (Å²) in [5.41, 5.74) is 0. The Kier molecular flexibility index (Phi) is 2.42. The van der Waals surface area contributed by atoms with Crippen LogP contribution in [0.15, 0.2) is 24.3 Å². The Balaban J connectivity index is 0.000000250. The van der Waals surface area contributed by atoms with Crippen LogP contribution in [0.2, 0.25) is 0 Å². The van der Waals surface area contributed by atoms with E-state index in [1.807, 2.05) is 0 Å². The van der Waals surface area contributed by atoms with Crippen LogP contribution in [0.1, 0.15) is 6.42 Å². The third kappa shape index (κ3) is 1.04. The fraction of sp³-hybridized carbons (Fsp3) is 0.200. The van der Waals surface area contributed by atoms with Crippen LogP contribution >= 0.6 is 0 Å². The van der Waals surface area contributed by atoms with E-state index in [4.69, 9.17) is 0 Å². The lowest BCUT2D eigenvalue weighted by atomic mass is 10.5. The Morgan fingerprint density at radius 2 is 1.50 bits per heavy atom. The monoisotopic (exact) mass is 83.1 g/mol. The second-order valence-electron chi connectivity index (χ2n) is 1.09. The molecule has 0 fully saturated rings. The molecule has 1 rings (SSSR count). The number of hydrogen-bond donors (Lipinski definition) is 1. The van der Waals surface area contributed by atoms with Gasteiger partial charge in [0.15, 0.2) is 0 Å². The highest BCUT2D eigenvalue weighted by molar-refractivity contribution is 5.11. The van der Waals surface area contributed by atoms with Crippen molar-refractivity contribution in [3.63, 3.8) is 0 Å². The minimum absolute atomic E-state index is 0. The zero-order valence-electron chi connectivity index (χ0n) is 3.72. The average molecular weight is 83.1 g/mol. The highest BCUT2D eigenvalue weighted by Crippen LogP contribution is 1.93. The van der Waals surface area contributed by atoms with E-state index in [1.165, 1.54) is 0 Å².